The fourth-order valence-corrected chi connectivity index (χ4v) is 2.21. The molecule has 1 aromatic heterocycles. The Morgan fingerprint density at radius 1 is 1.48 bits per heavy atom. The summed E-state index contributed by atoms with van der Waals surface area (Å²) in [7, 11) is 1.53. The predicted octanol–water partition coefficient (Wildman–Crippen LogP) is 2.86. The highest BCUT2D eigenvalue weighted by molar-refractivity contribution is 7.13. The zero-order chi connectivity index (χ0) is 15.2. The number of aromatic nitrogens is 1. The monoisotopic (exact) mass is 308 g/mol. The minimum atomic E-state index is -0.429. The molecular weight excluding hydrogens is 292 g/mol. The van der Waals surface area contributed by atoms with Gasteiger partial charge in [-0.15, -0.1) is 11.3 Å². The van der Waals surface area contributed by atoms with E-state index in [9.17, 15) is 9.90 Å². The van der Waals surface area contributed by atoms with Gasteiger partial charge in [0.2, 0.25) is 0 Å². The zero-order valence-electron chi connectivity index (χ0n) is 11.7. The van der Waals surface area contributed by atoms with Gasteiger partial charge in [0.05, 0.1) is 0 Å². The number of phenolic OH excluding ortho intramolecular Hbond substituents is 1. The van der Waals surface area contributed by atoms with Crippen LogP contribution in [-0.2, 0) is 4.74 Å². The summed E-state index contributed by atoms with van der Waals surface area (Å²) in [6.07, 6.45) is 1.82. The summed E-state index contributed by atoms with van der Waals surface area (Å²) < 4.78 is 10.7. The SMILES string of the molecule is CCC(OC)Oc1cc(O)cc(C(=O)Nc2nccs2)c1. The fraction of sp³-hybridized carbons (Fsp3) is 0.286. The van der Waals surface area contributed by atoms with E-state index in [-0.39, 0.29) is 17.2 Å². The summed E-state index contributed by atoms with van der Waals surface area (Å²) >= 11 is 1.32. The van der Waals surface area contributed by atoms with Crippen LogP contribution in [0.1, 0.15) is 23.7 Å². The number of phenols is 1. The molecule has 2 N–H and O–H groups in total. The van der Waals surface area contributed by atoms with Crippen LogP contribution in [0.15, 0.2) is 29.8 Å². The fourth-order valence-electron chi connectivity index (χ4n) is 1.69. The molecule has 1 aromatic carbocycles. The van der Waals surface area contributed by atoms with Crippen LogP contribution in [-0.4, -0.2) is 29.4 Å². The predicted molar refractivity (Wildman–Crippen MR) is 79.9 cm³/mol. The van der Waals surface area contributed by atoms with Crippen molar-refractivity contribution in [3.05, 3.63) is 35.3 Å². The van der Waals surface area contributed by atoms with Crippen molar-refractivity contribution in [2.45, 2.75) is 19.6 Å². The Morgan fingerprint density at radius 2 is 2.29 bits per heavy atom. The molecule has 0 aliphatic heterocycles. The molecule has 0 bridgehead atoms. The largest absolute Gasteiger partial charge is 0.508 e. The number of benzene rings is 1. The maximum atomic E-state index is 12.1. The Balaban J connectivity index is 2.16. The third-order valence-electron chi connectivity index (χ3n) is 2.67. The number of ether oxygens (including phenoxy) is 2. The van der Waals surface area contributed by atoms with Crippen molar-refractivity contribution in [2.75, 3.05) is 12.4 Å². The molecule has 0 aliphatic rings. The first kappa shape index (κ1) is 15.3. The van der Waals surface area contributed by atoms with E-state index in [0.29, 0.717) is 17.3 Å². The molecule has 0 radical (unpaired) electrons. The number of nitrogens with one attached hydrogen (secondary N) is 1. The number of methoxy groups -OCH3 is 1. The van der Waals surface area contributed by atoms with Gasteiger partial charge in [-0.05, 0) is 12.1 Å². The number of nitrogens with zero attached hydrogens (tertiary/aromatic N) is 1. The molecule has 2 rings (SSSR count). The number of thiazole rings is 1. The third kappa shape index (κ3) is 4.17. The van der Waals surface area contributed by atoms with E-state index in [2.05, 4.69) is 10.3 Å². The summed E-state index contributed by atoms with van der Waals surface area (Å²) in [5.74, 6) is -0.0492. The van der Waals surface area contributed by atoms with Crippen molar-refractivity contribution in [1.82, 2.24) is 4.98 Å². The minimum Gasteiger partial charge on any atom is -0.508 e. The number of carbonyl (C=O) groups excluding carboxylic acids is 1. The molecule has 0 saturated heterocycles. The zero-order valence-corrected chi connectivity index (χ0v) is 12.5. The summed E-state index contributed by atoms with van der Waals surface area (Å²) in [6.45, 7) is 1.91. The van der Waals surface area contributed by atoms with Gasteiger partial charge in [-0.25, -0.2) is 4.98 Å². The topological polar surface area (TPSA) is 80.7 Å². The van der Waals surface area contributed by atoms with Gasteiger partial charge in [-0.2, -0.15) is 0 Å². The molecule has 0 saturated carbocycles. The second-order valence-electron chi connectivity index (χ2n) is 4.20. The molecule has 112 valence electrons. The van der Waals surface area contributed by atoms with Crippen molar-refractivity contribution >= 4 is 22.4 Å². The first-order valence-electron chi connectivity index (χ1n) is 6.36. The first-order chi connectivity index (χ1) is 10.1. The molecule has 0 aliphatic carbocycles. The molecule has 1 atom stereocenters. The van der Waals surface area contributed by atoms with Gasteiger partial charge in [0.25, 0.3) is 5.91 Å². The Hall–Kier alpha value is -2.12. The molecule has 0 spiro atoms. The molecular formula is C14H16N2O4S. The number of aromatic hydroxyl groups is 1. The molecule has 1 unspecified atom stereocenters. The maximum absolute atomic E-state index is 12.1. The van der Waals surface area contributed by atoms with Crippen molar-refractivity contribution in [1.29, 1.82) is 0 Å². The third-order valence-corrected chi connectivity index (χ3v) is 3.36. The smallest absolute Gasteiger partial charge is 0.257 e. The summed E-state index contributed by atoms with van der Waals surface area (Å²) in [5.41, 5.74) is 0.283. The van der Waals surface area contributed by atoms with Crippen molar-refractivity contribution in [3.8, 4) is 11.5 Å². The van der Waals surface area contributed by atoms with E-state index in [4.69, 9.17) is 9.47 Å². The highest BCUT2D eigenvalue weighted by Gasteiger charge is 2.13. The number of rotatable bonds is 6. The van der Waals surface area contributed by atoms with Gasteiger partial charge in [0, 0.05) is 36.7 Å². The number of hydrogen-bond acceptors (Lipinski definition) is 6. The van der Waals surface area contributed by atoms with Gasteiger partial charge < -0.3 is 14.6 Å². The number of amides is 1. The Bertz CT molecular complexity index is 597. The van der Waals surface area contributed by atoms with Crippen molar-refractivity contribution in [3.63, 3.8) is 0 Å². The lowest BCUT2D eigenvalue weighted by atomic mass is 10.2. The average molecular weight is 308 g/mol. The van der Waals surface area contributed by atoms with E-state index < -0.39 is 6.29 Å². The van der Waals surface area contributed by atoms with Crippen LogP contribution in [0, 0.1) is 0 Å². The summed E-state index contributed by atoms with van der Waals surface area (Å²) in [5, 5.41) is 14.6. The molecule has 2 aromatic rings. The van der Waals surface area contributed by atoms with Gasteiger partial charge in [-0.1, -0.05) is 6.92 Å². The molecule has 1 heterocycles. The summed E-state index contributed by atoms with van der Waals surface area (Å²) in [4.78, 5) is 16.1. The maximum Gasteiger partial charge on any atom is 0.257 e. The van der Waals surface area contributed by atoms with Crippen LogP contribution < -0.4 is 10.1 Å². The highest BCUT2D eigenvalue weighted by Crippen LogP contribution is 2.24. The van der Waals surface area contributed by atoms with Gasteiger partial charge in [0.1, 0.15) is 11.5 Å². The van der Waals surface area contributed by atoms with Crippen LogP contribution in [0.2, 0.25) is 0 Å². The molecule has 0 fully saturated rings. The lowest BCUT2D eigenvalue weighted by Crippen LogP contribution is -2.18. The average Bonchev–Trinajstić information content (AvgIpc) is 2.97. The molecule has 7 heteroatoms. The molecule has 21 heavy (non-hydrogen) atoms. The van der Waals surface area contributed by atoms with E-state index >= 15 is 0 Å². The number of carbonyl (C=O) groups is 1. The second kappa shape index (κ2) is 7.05. The summed E-state index contributed by atoms with van der Waals surface area (Å²) in [6, 6.07) is 4.34. The van der Waals surface area contributed by atoms with Gasteiger partial charge in [-0.3, -0.25) is 10.1 Å². The second-order valence-corrected chi connectivity index (χ2v) is 5.09. The Kier molecular flexibility index (Phi) is 5.13. The van der Waals surface area contributed by atoms with E-state index in [1.54, 1.807) is 17.6 Å². The normalized spacial score (nSPS) is 11.9. The van der Waals surface area contributed by atoms with Crippen molar-refractivity contribution in [2.24, 2.45) is 0 Å². The van der Waals surface area contributed by atoms with Crippen LogP contribution in [0.3, 0.4) is 0 Å². The van der Waals surface area contributed by atoms with E-state index in [1.165, 1.54) is 30.6 Å². The highest BCUT2D eigenvalue weighted by atomic mass is 32.1. The quantitative estimate of drug-likeness (QED) is 0.802. The Labute approximate surface area is 126 Å². The van der Waals surface area contributed by atoms with E-state index in [0.717, 1.165) is 0 Å². The number of anilines is 1. The van der Waals surface area contributed by atoms with E-state index in [1.807, 2.05) is 6.92 Å². The van der Waals surface area contributed by atoms with Crippen LogP contribution in [0.4, 0.5) is 5.13 Å². The Morgan fingerprint density at radius 3 is 2.90 bits per heavy atom. The van der Waals surface area contributed by atoms with Crippen molar-refractivity contribution < 1.29 is 19.4 Å². The minimum absolute atomic E-state index is 0.0530. The van der Waals surface area contributed by atoms with Gasteiger partial charge >= 0.3 is 0 Å². The number of hydrogen-bond donors (Lipinski definition) is 2. The lowest BCUT2D eigenvalue weighted by Gasteiger charge is -2.16. The molecule has 6 nitrogen and oxygen atoms in total. The lowest BCUT2D eigenvalue weighted by molar-refractivity contribution is -0.0549. The standard InChI is InChI=1S/C14H16N2O4S/c1-3-12(19-2)20-11-7-9(6-10(17)8-11)13(18)16-14-15-4-5-21-14/h4-8,12,17H,3H2,1-2H3,(H,15,16,18). The molecule has 1 amide bonds. The van der Waals surface area contributed by atoms with Crippen LogP contribution >= 0.6 is 11.3 Å². The first-order valence-corrected chi connectivity index (χ1v) is 7.24. The van der Waals surface area contributed by atoms with Crippen LogP contribution in [0.25, 0.3) is 0 Å². The van der Waals surface area contributed by atoms with Gasteiger partial charge in [0.15, 0.2) is 11.4 Å². The van der Waals surface area contributed by atoms with Crippen LogP contribution in [0.5, 0.6) is 11.5 Å².